The Hall–Kier alpha value is -1.09. The zero-order chi connectivity index (χ0) is 13.8. The summed E-state index contributed by atoms with van der Waals surface area (Å²) in [5.74, 6) is 0.883. The lowest BCUT2D eigenvalue weighted by Gasteiger charge is -2.45. The van der Waals surface area contributed by atoms with Gasteiger partial charge in [0.15, 0.2) is 5.11 Å². The summed E-state index contributed by atoms with van der Waals surface area (Å²) in [7, 11) is 0. The normalized spacial score (nSPS) is 25.9. The van der Waals surface area contributed by atoms with Crippen LogP contribution in [0.1, 0.15) is 44.1 Å². The number of nitrogens with one attached hydrogen (secondary N) is 1. The van der Waals surface area contributed by atoms with Gasteiger partial charge >= 0.3 is 0 Å². The molecule has 2 nitrogen and oxygen atoms in total. The van der Waals surface area contributed by atoms with Crippen LogP contribution in [0.25, 0.3) is 0 Å². The summed E-state index contributed by atoms with van der Waals surface area (Å²) >= 11 is 5.66. The highest BCUT2D eigenvalue weighted by Gasteiger charge is 2.34. The summed E-state index contributed by atoms with van der Waals surface area (Å²) in [6.07, 6.45) is 8.23. The zero-order valence-electron chi connectivity index (χ0n) is 12.1. The van der Waals surface area contributed by atoms with Crippen molar-refractivity contribution < 1.29 is 0 Å². The molecule has 0 unspecified atom stereocenters. The van der Waals surface area contributed by atoms with Gasteiger partial charge in [0.1, 0.15) is 0 Å². The maximum atomic E-state index is 5.66. The Morgan fingerprint density at radius 3 is 2.70 bits per heavy atom. The van der Waals surface area contributed by atoms with Crippen LogP contribution in [0.2, 0.25) is 0 Å². The Bertz CT molecular complexity index is 444. The number of likely N-dealkylation sites (tertiary alicyclic amines) is 1. The van der Waals surface area contributed by atoms with Gasteiger partial charge in [-0.2, -0.15) is 0 Å². The molecule has 3 heteroatoms. The van der Waals surface area contributed by atoms with E-state index < -0.39 is 0 Å². The smallest absolute Gasteiger partial charge is 0.169 e. The molecule has 2 aliphatic rings. The van der Waals surface area contributed by atoms with Crippen LogP contribution in [0.3, 0.4) is 0 Å². The first-order valence-electron chi connectivity index (χ1n) is 7.93. The summed E-state index contributed by atoms with van der Waals surface area (Å²) in [5, 5.41) is 4.42. The van der Waals surface area contributed by atoms with Gasteiger partial charge in [0, 0.05) is 19.1 Å². The van der Waals surface area contributed by atoms with E-state index in [0.29, 0.717) is 6.04 Å². The van der Waals surface area contributed by atoms with Gasteiger partial charge in [0.05, 0.1) is 0 Å². The predicted molar refractivity (Wildman–Crippen MR) is 87.6 cm³/mol. The Morgan fingerprint density at radius 1 is 1.10 bits per heavy atom. The van der Waals surface area contributed by atoms with Crippen LogP contribution in [0.5, 0.6) is 0 Å². The number of hydrogen-bond acceptors (Lipinski definition) is 1. The molecule has 1 aliphatic heterocycles. The van der Waals surface area contributed by atoms with Crippen molar-refractivity contribution in [2.24, 2.45) is 5.92 Å². The molecule has 0 radical (unpaired) electrons. The Kier molecular flexibility index (Phi) is 4.56. The number of piperidine rings is 1. The van der Waals surface area contributed by atoms with Crippen LogP contribution in [0.15, 0.2) is 30.3 Å². The Labute approximate surface area is 127 Å². The van der Waals surface area contributed by atoms with Gasteiger partial charge in [-0.15, -0.1) is 0 Å². The van der Waals surface area contributed by atoms with Crippen molar-refractivity contribution in [3.63, 3.8) is 0 Å². The van der Waals surface area contributed by atoms with E-state index in [4.69, 9.17) is 12.2 Å². The topological polar surface area (TPSA) is 15.3 Å². The van der Waals surface area contributed by atoms with Crippen LogP contribution in [0.4, 0.5) is 0 Å². The molecular weight excluding hydrogens is 264 g/mol. The fraction of sp³-hybridized carbons (Fsp3) is 0.588. The van der Waals surface area contributed by atoms with Crippen LogP contribution in [-0.2, 0) is 6.54 Å². The second-order valence-electron chi connectivity index (χ2n) is 6.09. The molecule has 0 aromatic heterocycles. The molecular formula is C17H24N2S. The zero-order valence-corrected chi connectivity index (χ0v) is 12.9. The maximum Gasteiger partial charge on any atom is 0.169 e. The minimum Gasteiger partial charge on any atom is -0.358 e. The molecule has 0 amide bonds. The lowest BCUT2D eigenvalue weighted by molar-refractivity contribution is 0.118. The quantitative estimate of drug-likeness (QED) is 0.835. The van der Waals surface area contributed by atoms with Crippen LogP contribution in [-0.4, -0.2) is 22.6 Å². The molecule has 108 valence electrons. The van der Waals surface area contributed by atoms with Crippen molar-refractivity contribution in [3.8, 4) is 0 Å². The summed E-state index contributed by atoms with van der Waals surface area (Å²) < 4.78 is 0. The second kappa shape index (κ2) is 6.57. The van der Waals surface area contributed by atoms with Crippen molar-refractivity contribution in [1.82, 2.24) is 10.2 Å². The fourth-order valence-corrected chi connectivity index (χ4v) is 4.05. The highest BCUT2D eigenvalue weighted by Crippen LogP contribution is 2.35. The molecule has 1 aromatic rings. The minimum atomic E-state index is 0.702. The minimum absolute atomic E-state index is 0.702. The molecule has 1 aromatic carbocycles. The number of rotatable bonds is 2. The first-order chi connectivity index (χ1) is 9.84. The predicted octanol–water partition coefficient (Wildman–Crippen LogP) is 3.72. The first-order valence-corrected chi connectivity index (χ1v) is 8.34. The molecule has 1 saturated heterocycles. The Balaban J connectivity index is 1.58. The average molecular weight is 288 g/mol. The van der Waals surface area contributed by atoms with E-state index in [-0.39, 0.29) is 0 Å². The molecule has 3 rings (SSSR count). The van der Waals surface area contributed by atoms with Gasteiger partial charge in [-0.1, -0.05) is 43.2 Å². The van der Waals surface area contributed by atoms with Crippen molar-refractivity contribution in [2.75, 3.05) is 6.54 Å². The SMILES string of the molecule is S=C(NCc1ccccc1)N1CCC[C@@H]2CCCC[C@@H]21. The summed E-state index contributed by atoms with van der Waals surface area (Å²) in [6, 6.07) is 11.2. The third-order valence-electron chi connectivity index (χ3n) is 4.79. The Morgan fingerprint density at radius 2 is 1.85 bits per heavy atom. The molecule has 0 bridgehead atoms. The van der Waals surface area contributed by atoms with Gasteiger partial charge in [0.2, 0.25) is 0 Å². The molecule has 2 atom stereocenters. The summed E-state index contributed by atoms with van der Waals surface area (Å²) in [5.41, 5.74) is 1.30. The summed E-state index contributed by atoms with van der Waals surface area (Å²) in [4.78, 5) is 2.48. The van der Waals surface area contributed by atoms with E-state index in [1.165, 1.54) is 44.1 Å². The largest absolute Gasteiger partial charge is 0.358 e. The van der Waals surface area contributed by atoms with Gasteiger partial charge in [-0.05, 0) is 49.4 Å². The molecule has 20 heavy (non-hydrogen) atoms. The van der Waals surface area contributed by atoms with Crippen LogP contribution in [0, 0.1) is 5.92 Å². The van der Waals surface area contributed by atoms with Crippen molar-refractivity contribution in [3.05, 3.63) is 35.9 Å². The third kappa shape index (κ3) is 3.14. The van der Waals surface area contributed by atoms with Gasteiger partial charge in [0.25, 0.3) is 0 Å². The lowest BCUT2D eigenvalue weighted by Crippen LogP contribution is -2.52. The number of hydrogen-bond donors (Lipinski definition) is 1. The summed E-state index contributed by atoms with van der Waals surface area (Å²) in [6.45, 7) is 1.98. The molecule has 1 N–H and O–H groups in total. The number of fused-ring (bicyclic) bond motifs is 1. The van der Waals surface area contributed by atoms with Gasteiger partial charge in [-0.25, -0.2) is 0 Å². The molecule has 1 aliphatic carbocycles. The van der Waals surface area contributed by atoms with Gasteiger partial charge in [-0.3, -0.25) is 0 Å². The van der Waals surface area contributed by atoms with E-state index in [9.17, 15) is 0 Å². The number of benzene rings is 1. The number of thiocarbonyl (C=S) groups is 1. The van der Waals surface area contributed by atoms with E-state index in [1.54, 1.807) is 0 Å². The van der Waals surface area contributed by atoms with E-state index in [0.717, 1.165) is 24.1 Å². The fourth-order valence-electron chi connectivity index (χ4n) is 3.75. The molecule has 0 spiro atoms. The third-order valence-corrected chi connectivity index (χ3v) is 5.17. The van der Waals surface area contributed by atoms with E-state index >= 15 is 0 Å². The molecule has 1 saturated carbocycles. The standard InChI is InChI=1S/C17H24N2S/c20-17(18-13-14-7-2-1-3-8-14)19-12-6-10-15-9-4-5-11-16(15)19/h1-3,7-8,15-16H,4-6,9-13H2,(H,18,20)/t15-,16-/m0/s1. The van der Waals surface area contributed by atoms with Gasteiger partial charge < -0.3 is 10.2 Å². The lowest BCUT2D eigenvalue weighted by atomic mass is 9.78. The van der Waals surface area contributed by atoms with Crippen LogP contribution >= 0.6 is 12.2 Å². The van der Waals surface area contributed by atoms with Crippen molar-refractivity contribution in [1.29, 1.82) is 0 Å². The molecule has 1 heterocycles. The highest BCUT2D eigenvalue weighted by atomic mass is 32.1. The average Bonchev–Trinajstić information content (AvgIpc) is 2.53. The van der Waals surface area contributed by atoms with Crippen molar-refractivity contribution >= 4 is 17.3 Å². The molecule has 2 fully saturated rings. The maximum absolute atomic E-state index is 5.66. The van der Waals surface area contributed by atoms with E-state index in [1.807, 2.05) is 0 Å². The van der Waals surface area contributed by atoms with Crippen LogP contribution < -0.4 is 5.32 Å². The first kappa shape index (κ1) is 13.9. The second-order valence-corrected chi connectivity index (χ2v) is 6.48. The monoisotopic (exact) mass is 288 g/mol. The van der Waals surface area contributed by atoms with Crippen molar-refractivity contribution in [2.45, 2.75) is 51.1 Å². The number of nitrogens with zero attached hydrogens (tertiary/aromatic N) is 1. The highest BCUT2D eigenvalue weighted by molar-refractivity contribution is 7.80. The van der Waals surface area contributed by atoms with E-state index in [2.05, 4.69) is 40.5 Å².